The monoisotopic (exact) mass is 381 g/mol. The molecule has 0 fully saturated rings. The van der Waals surface area contributed by atoms with Crippen LogP contribution in [0.1, 0.15) is 63.3 Å². The second kappa shape index (κ2) is 8.21. The van der Waals surface area contributed by atoms with Crippen molar-refractivity contribution in [1.82, 2.24) is 14.2 Å². The first-order valence-corrected chi connectivity index (χ1v) is 10.3. The predicted octanol–water partition coefficient (Wildman–Crippen LogP) is 4.97. The molecule has 0 N–H and O–H groups in total. The van der Waals surface area contributed by atoms with Crippen LogP contribution in [-0.2, 0) is 13.0 Å². The minimum absolute atomic E-state index is 0.0420. The Morgan fingerprint density at radius 1 is 1.11 bits per heavy atom. The van der Waals surface area contributed by atoms with E-state index in [2.05, 4.69) is 26.8 Å². The fourth-order valence-corrected chi connectivity index (χ4v) is 4.11. The van der Waals surface area contributed by atoms with E-state index < -0.39 is 0 Å². The lowest BCUT2D eigenvalue weighted by Gasteiger charge is -2.16. The minimum atomic E-state index is 0.0420. The molecular formula is C23H31N3O2. The van der Waals surface area contributed by atoms with E-state index in [9.17, 15) is 4.79 Å². The third-order valence-electron chi connectivity index (χ3n) is 5.76. The van der Waals surface area contributed by atoms with Crippen molar-refractivity contribution < 1.29 is 4.74 Å². The third-order valence-corrected chi connectivity index (χ3v) is 5.76. The summed E-state index contributed by atoms with van der Waals surface area (Å²) in [5, 5.41) is 4.95. The van der Waals surface area contributed by atoms with Gasteiger partial charge in [-0.25, -0.2) is 4.52 Å². The van der Waals surface area contributed by atoms with Crippen molar-refractivity contribution in [3.63, 3.8) is 0 Å². The Morgan fingerprint density at radius 2 is 1.82 bits per heavy atom. The average Bonchev–Trinajstić information content (AvgIpc) is 3.05. The molecule has 0 saturated carbocycles. The van der Waals surface area contributed by atoms with Gasteiger partial charge in [0.25, 0.3) is 5.56 Å². The van der Waals surface area contributed by atoms with E-state index in [0.717, 1.165) is 52.9 Å². The molecule has 2 heterocycles. The number of hydrogen-bond donors (Lipinski definition) is 0. The van der Waals surface area contributed by atoms with E-state index in [1.165, 1.54) is 0 Å². The highest BCUT2D eigenvalue weighted by Gasteiger charge is 2.22. The van der Waals surface area contributed by atoms with Gasteiger partial charge in [-0.3, -0.25) is 9.36 Å². The van der Waals surface area contributed by atoms with Crippen LogP contribution in [0.25, 0.3) is 16.9 Å². The maximum Gasteiger partial charge on any atom is 0.278 e. The molecule has 3 rings (SSSR count). The Labute approximate surface area is 167 Å². The second-order valence-corrected chi connectivity index (χ2v) is 7.26. The van der Waals surface area contributed by atoms with Crippen LogP contribution in [0.3, 0.4) is 0 Å². The summed E-state index contributed by atoms with van der Waals surface area (Å²) in [6.45, 7) is 11.1. The van der Waals surface area contributed by atoms with Crippen LogP contribution in [-0.4, -0.2) is 21.3 Å². The Bertz CT molecular complexity index is 1040. The summed E-state index contributed by atoms with van der Waals surface area (Å²) in [5.74, 6) is 1.91. The van der Waals surface area contributed by atoms with Gasteiger partial charge in [-0.15, -0.1) is 5.10 Å². The molecular weight excluding hydrogens is 350 g/mol. The lowest BCUT2D eigenvalue weighted by Crippen LogP contribution is -2.26. The summed E-state index contributed by atoms with van der Waals surface area (Å²) < 4.78 is 9.03. The lowest BCUT2D eigenvalue weighted by molar-refractivity contribution is 0.414. The van der Waals surface area contributed by atoms with Gasteiger partial charge in [0, 0.05) is 17.8 Å². The quantitative estimate of drug-likeness (QED) is 0.581. The number of benzene rings is 1. The number of rotatable bonds is 7. The molecule has 1 aromatic carbocycles. The molecule has 5 nitrogen and oxygen atoms in total. The van der Waals surface area contributed by atoms with E-state index in [0.29, 0.717) is 18.3 Å². The van der Waals surface area contributed by atoms with Gasteiger partial charge < -0.3 is 4.74 Å². The van der Waals surface area contributed by atoms with Crippen molar-refractivity contribution in [2.45, 2.75) is 66.3 Å². The number of ether oxygens (including phenoxy) is 1. The van der Waals surface area contributed by atoms with Crippen LogP contribution in [0.15, 0.2) is 29.1 Å². The van der Waals surface area contributed by atoms with Crippen molar-refractivity contribution in [1.29, 1.82) is 0 Å². The van der Waals surface area contributed by atoms with Gasteiger partial charge in [-0.2, -0.15) is 0 Å². The van der Waals surface area contributed by atoms with Crippen LogP contribution in [0.5, 0.6) is 5.75 Å². The highest BCUT2D eigenvalue weighted by atomic mass is 16.5. The predicted molar refractivity (Wildman–Crippen MR) is 115 cm³/mol. The van der Waals surface area contributed by atoms with Gasteiger partial charge in [-0.05, 0) is 74.4 Å². The maximum atomic E-state index is 13.5. The van der Waals surface area contributed by atoms with Crippen molar-refractivity contribution in [2.24, 2.45) is 0 Å². The molecule has 0 bridgehead atoms. The Hall–Kier alpha value is -2.56. The van der Waals surface area contributed by atoms with Crippen LogP contribution in [0.2, 0.25) is 0 Å². The van der Waals surface area contributed by atoms with E-state index in [-0.39, 0.29) is 5.56 Å². The molecule has 0 radical (unpaired) electrons. The molecule has 0 saturated heterocycles. The lowest BCUT2D eigenvalue weighted by atomic mass is 9.95. The zero-order valence-electron chi connectivity index (χ0n) is 17.9. The zero-order chi connectivity index (χ0) is 20.4. The number of nitrogens with zero attached hydrogens (tertiary/aromatic N) is 3. The van der Waals surface area contributed by atoms with Crippen LogP contribution in [0, 0.1) is 6.92 Å². The summed E-state index contributed by atoms with van der Waals surface area (Å²) in [6, 6.07) is 8.12. The molecule has 0 aliphatic heterocycles. The van der Waals surface area contributed by atoms with Crippen LogP contribution >= 0.6 is 0 Å². The standard InChI is InChI=1S/C23H31N3O2/c1-7-16(8-2)20-13-15(5)26-21(20)23(27)25(10-4)22(24-26)19-12-11-18(28-6)14-17(19)9-3/h11-14,16H,7-10H2,1-6H3. The van der Waals surface area contributed by atoms with Gasteiger partial charge >= 0.3 is 0 Å². The van der Waals surface area contributed by atoms with Crippen LogP contribution < -0.4 is 10.3 Å². The Morgan fingerprint density at radius 3 is 2.39 bits per heavy atom. The first kappa shape index (κ1) is 20.2. The van der Waals surface area contributed by atoms with Gasteiger partial charge in [-0.1, -0.05) is 20.8 Å². The zero-order valence-corrected chi connectivity index (χ0v) is 17.9. The van der Waals surface area contributed by atoms with Gasteiger partial charge in [0.15, 0.2) is 5.82 Å². The normalized spacial score (nSPS) is 11.5. The fraction of sp³-hybridized carbons (Fsp3) is 0.478. The van der Waals surface area contributed by atoms with Gasteiger partial charge in [0.2, 0.25) is 0 Å². The summed E-state index contributed by atoms with van der Waals surface area (Å²) in [4.78, 5) is 13.5. The molecule has 0 aliphatic carbocycles. The van der Waals surface area contributed by atoms with Crippen molar-refractivity contribution >= 4 is 5.52 Å². The van der Waals surface area contributed by atoms with E-state index in [1.54, 1.807) is 7.11 Å². The molecule has 3 aromatic rings. The van der Waals surface area contributed by atoms with Gasteiger partial charge in [0.05, 0.1) is 7.11 Å². The van der Waals surface area contributed by atoms with Crippen molar-refractivity contribution in [3.05, 3.63) is 51.4 Å². The number of fused-ring (bicyclic) bond motifs is 1. The molecule has 0 aliphatic rings. The molecule has 5 heteroatoms. The molecule has 0 spiro atoms. The molecule has 28 heavy (non-hydrogen) atoms. The maximum absolute atomic E-state index is 13.5. The van der Waals surface area contributed by atoms with Gasteiger partial charge in [0.1, 0.15) is 11.3 Å². The fourth-order valence-electron chi connectivity index (χ4n) is 4.11. The first-order chi connectivity index (χ1) is 13.5. The SMILES string of the molecule is CCc1cc(OC)ccc1-c1nn2c(C)cc(C(CC)CC)c2c(=O)n1CC. The topological polar surface area (TPSA) is 48.5 Å². The van der Waals surface area contributed by atoms with E-state index >= 15 is 0 Å². The van der Waals surface area contributed by atoms with Crippen LogP contribution in [0.4, 0.5) is 0 Å². The highest BCUT2D eigenvalue weighted by molar-refractivity contribution is 5.65. The summed E-state index contributed by atoms with van der Waals surface area (Å²) in [5.41, 5.74) is 5.01. The molecule has 0 amide bonds. The van der Waals surface area contributed by atoms with Crippen molar-refractivity contribution in [2.75, 3.05) is 7.11 Å². The summed E-state index contributed by atoms with van der Waals surface area (Å²) in [7, 11) is 1.67. The second-order valence-electron chi connectivity index (χ2n) is 7.26. The smallest absolute Gasteiger partial charge is 0.278 e. The molecule has 0 unspecified atom stereocenters. The third kappa shape index (κ3) is 3.23. The minimum Gasteiger partial charge on any atom is -0.497 e. The molecule has 150 valence electrons. The highest BCUT2D eigenvalue weighted by Crippen LogP contribution is 2.30. The Balaban J connectivity index is 2.35. The van der Waals surface area contributed by atoms with E-state index in [1.807, 2.05) is 41.1 Å². The largest absolute Gasteiger partial charge is 0.497 e. The first-order valence-electron chi connectivity index (χ1n) is 10.3. The Kier molecular flexibility index (Phi) is 5.92. The van der Waals surface area contributed by atoms with Crippen molar-refractivity contribution in [3.8, 4) is 17.1 Å². The summed E-state index contributed by atoms with van der Waals surface area (Å²) in [6.07, 6.45) is 2.87. The number of hydrogen-bond acceptors (Lipinski definition) is 3. The molecule has 2 aromatic heterocycles. The van der Waals surface area contributed by atoms with E-state index in [4.69, 9.17) is 9.84 Å². The summed E-state index contributed by atoms with van der Waals surface area (Å²) >= 11 is 0. The number of aryl methyl sites for hydroxylation is 2. The molecule has 0 atom stereocenters. The number of aromatic nitrogens is 3. The average molecular weight is 382 g/mol. The number of methoxy groups -OCH3 is 1.